The summed E-state index contributed by atoms with van der Waals surface area (Å²) in [5.41, 5.74) is 7.35. The summed E-state index contributed by atoms with van der Waals surface area (Å²) in [6.07, 6.45) is 2.20. The fraction of sp³-hybridized carbons (Fsp3) is 0.600. The normalized spacial score (nSPS) is 26.4. The van der Waals surface area contributed by atoms with Crippen LogP contribution in [0.5, 0.6) is 5.75 Å². The van der Waals surface area contributed by atoms with Crippen LogP contribution in [0.2, 0.25) is 0 Å². The summed E-state index contributed by atoms with van der Waals surface area (Å²) in [6, 6.07) is 8.43. The van der Waals surface area contributed by atoms with Crippen LogP contribution in [0.3, 0.4) is 0 Å². The van der Waals surface area contributed by atoms with E-state index in [1.807, 2.05) is 12.1 Å². The molecule has 3 nitrogen and oxygen atoms in total. The zero-order valence-corrected chi connectivity index (χ0v) is 11.3. The number of likely N-dealkylation sites (tertiary alicyclic amines) is 1. The molecule has 0 saturated carbocycles. The highest BCUT2D eigenvalue weighted by atomic mass is 16.3. The molecule has 100 valence electrons. The second-order valence-electron chi connectivity index (χ2n) is 5.65. The summed E-state index contributed by atoms with van der Waals surface area (Å²) in [5, 5.41) is 9.24. The van der Waals surface area contributed by atoms with Crippen molar-refractivity contribution in [2.45, 2.75) is 38.8 Å². The average Bonchev–Trinajstić information content (AvgIpc) is 2.69. The fourth-order valence-electron chi connectivity index (χ4n) is 2.61. The Hall–Kier alpha value is -1.06. The Bertz CT molecular complexity index is 367. The average molecular weight is 248 g/mol. The van der Waals surface area contributed by atoms with Crippen LogP contribution < -0.4 is 5.73 Å². The van der Waals surface area contributed by atoms with E-state index < -0.39 is 0 Å². The third-order valence-corrected chi connectivity index (χ3v) is 4.11. The summed E-state index contributed by atoms with van der Waals surface area (Å²) in [7, 11) is 0. The van der Waals surface area contributed by atoms with E-state index in [0.29, 0.717) is 23.8 Å². The summed E-state index contributed by atoms with van der Waals surface area (Å²) in [4.78, 5) is 2.50. The van der Waals surface area contributed by atoms with Gasteiger partial charge >= 0.3 is 0 Å². The number of nitrogens with zero attached hydrogens (tertiary/aromatic N) is 1. The molecule has 3 heteroatoms. The van der Waals surface area contributed by atoms with Crippen LogP contribution in [-0.2, 0) is 6.42 Å². The van der Waals surface area contributed by atoms with Crippen LogP contribution in [0.1, 0.15) is 25.8 Å². The number of benzene rings is 1. The van der Waals surface area contributed by atoms with Crippen molar-refractivity contribution in [1.29, 1.82) is 0 Å². The molecule has 1 aromatic rings. The van der Waals surface area contributed by atoms with Crippen molar-refractivity contribution < 1.29 is 5.11 Å². The predicted octanol–water partition coefficient (Wildman–Crippen LogP) is 1.99. The molecule has 3 atom stereocenters. The van der Waals surface area contributed by atoms with Gasteiger partial charge in [0.15, 0.2) is 0 Å². The maximum atomic E-state index is 9.24. The standard InChI is InChI=1S/C15H24N2O/c1-11-9-17(10-15(11)16)12(2)3-4-13-5-7-14(18)8-6-13/h5-8,11-12,15,18H,3-4,9-10,16H2,1-2H3. The molecular weight excluding hydrogens is 224 g/mol. The molecule has 2 rings (SSSR count). The molecule has 1 saturated heterocycles. The molecule has 0 spiro atoms. The van der Waals surface area contributed by atoms with Crippen molar-refractivity contribution in [3.8, 4) is 5.75 Å². The van der Waals surface area contributed by atoms with Gasteiger partial charge in [-0.25, -0.2) is 0 Å². The molecule has 0 radical (unpaired) electrons. The maximum Gasteiger partial charge on any atom is 0.115 e. The molecule has 3 N–H and O–H groups in total. The minimum Gasteiger partial charge on any atom is -0.508 e. The van der Waals surface area contributed by atoms with Crippen molar-refractivity contribution in [1.82, 2.24) is 4.90 Å². The largest absolute Gasteiger partial charge is 0.508 e. The molecule has 1 aliphatic rings. The Morgan fingerprint density at radius 2 is 2.00 bits per heavy atom. The van der Waals surface area contributed by atoms with Crippen LogP contribution in [-0.4, -0.2) is 35.2 Å². The molecule has 0 aliphatic carbocycles. The molecule has 1 aromatic carbocycles. The van der Waals surface area contributed by atoms with Gasteiger partial charge in [0.25, 0.3) is 0 Å². The van der Waals surface area contributed by atoms with Crippen LogP contribution in [0.4, 0.5) is 0 Å². The Morgan fingerprint density at radius 1 is 1.33 bits per heavy atom. The van der Waals surface area contributed by atoms with E-state index >= 15 is 0 Å². The highest BCUT2D eigenvalue weighted by Crippen LogP contribution is 2.20. The van der Waals surface area contributed by atoms with E-state index in [4.69, 9.17) is 5.73 Å². The Morgan fingerprint density at radius 3 is 2.56 bits per heavy atom. The van der Waals surface area contributed by atoms with Gasteiger partial charge in [-0.1, -0.05) is 19.1 Å². The second kappa shape index (κ2) is 5.72. The zero-order chi connectivity index (χ0) is 13.1. The summed E-state index contributed by atoms with van der Waals surface area (Å²) in [6.45, 7) is 6.67. The number of nitrogens with two attached hydrogens (primary N) is 1. The van der Waals surface area contributed by atoms with Gasteiger partial charge in [0, 0.05) is 25.2 Å². The quantitative estimate of drug-likeness (QED) is 0.856. The molecule has 1 fully saturated rings. The number of phenolic OH excluding ortho intramolecular Hbond substituents is 1. The molecule has 18 heavy (non-hydrogen) atoms. The van der Waals surface area contributed by atoms with E-state index in [0.717, 1.165) is 25.9 Å². The zero-order valence-electron chi connectivity index (χ0n) is 11.3. The third kappa shape index (κ3) is 3.24. The van der Waals surface area contributed by atoms with Gasteiger partial charge in [-0.15, -0.1) is 0 Å². The first-order valence-electron chi connectivity index (χ1n) is 6.84. The van der Waals surface area contributed by atoms with Crippen LogP contribution in [0.15, 0.2) is 24.3 Å². The topological polar surface area (TPSA) is 49.5 Å². The maximum absolute atomic E-state index is 9.24. The number of rotatable bonds is 4. The van der Waals surface area contributed by atoms with E-state index in [-0.39, 0.29) is 0 Å². The van der Waals surface area contributed by atoms with Crippen molar-refractivity contribution >= 4 is 0 Å². The summed E-state index contributed by atoms with van der Waals surface area (Å²) in [5.74, 6) is 0.951. The first-order valence-corrected chi connectivity index (χ1v) is 6.84. The van der Waals surface area contributed by atoms with E-state index in [9.17, 15) is 5.11 Å². The lowest BCUT2D eigenvalue weighted by atomic mass is 10.1. The number of hydrogen-bond donors (Lipinski definition) is 2. The first kappa shape index (κ1) is 13.4. The van der Waals surface area contributed by atoms with Gasteiger partial charge in [-0.3, -0.25) is 4.90 Å². The van der Waals surface area contributed by atoms with Crippen molar-refractivity contribution in [3.05, 3.63) is 29.8 Å². The number of hydrogen-bond acceptors (Lipinski definition) is 3. The van der Waals surface area contributed by atoms with Gasteiger partial charge in [0.05, 0.1) is 0 Å². The molecule has 1 heterocycles. The Labute approximate surface area is 110 Å². The predicted molar refractivity (Wildman–Crippen MR) is 74.6 cm³/mol. The van der Waals surface area contributed by atoms with Crippen LogP contribution >= 0.6 is 0 Å². The van der Waals surface area contributed by atoms with Crippen LogP contribution in [0.25, 0.3) is 0 Å². The van der Waals surface area contributed by atoms with E-state index in [1.54, 1.807) is 12.1 Å². The number of aryl methyl sites for hydroxylation is 1. The lowest BCUT2D eigenvalue weighted by Gasteiger charge is -2.24. The van der Waals surface area contributed by atoms with Crippen molar-refractivity contribution in [2.75, 3.05) is 13.1 Å². The molecular formula is C15H24N2O. The lowest BCUT2D eigenvalue weighted by Crippen LogP contribution is -2.34. The van der Waals surface area contributed by atoms with E-state index in [2.05, 4.69) is 18.7 Å². The van der Waals surface area contributed by atoms with Crippen molar-refractivity contribution in [2.24, 2.45) is 11.7 Å². The molecule has 0 aromatic heterocycles. The molecule has 0 amide bonds. The summed E-state index contributed by atoms with van der Waals surface area (Å²) < 4.78 is 0. The molecule has 3 unspecified atom stereocenters. The van der Waals surface area contributed by atoms with Crippen molar-refractivity contribution in [3.63, 3.8) is 0 Å². The minimum absolute atomic E-state index is 0.334. The SMILES string of the molecule is CC1CN(C(C)CCc2ccc(O)cc2)CC1N. The number of phenols is 1. The molecule has 1 aliphatic heterocycles. The smallest absolute Gasteiger partial charge is 0.115 e. The van der Waals surface area contributed by atoms with Gasteiger partial charge in [-0.05, 0) is 43.4 Å². The van der Waals surface area contributed by atoms with Crippen LogP contribution in [0, 0.1) is 5.92 Å². The van der Waals surface area contributed by atoms with E-state index in [1.165, 1.54) is 5.56 Å². The monoisotopic (exact) mass is 248 g/mol. The fourth-order valence-corrected chi connectivity index (χ4v) is 2.61. The third-order valence-electron chi connectivity index (χ3n) is 4.11. The van der Waals surface area contributed by atoms with Gasteiger partial charge in [-0.2, -0.15) is 0 Å². The second-order valence-corrected chi connectivity index (χ2v) is 5.65. The first-order chi connectivity index (χ1) is 8.56. The highest BCUT2D eigenvalue weighted by Gasteiger charge is 2.29. The lowest BCUT2D eigenvalue weighted by molar-refractivity contribution is 0.239. The molecule has 0 bridgehead atoms. The van der Waals surface area contributed by atoms with Gasteiger partial charge in [0.2, 0.25) is 0 Å². The highest BCUT2D eigenvalue weighted by molar-refractivity contribution is 5.25. The van der Waals surface area contributed by atoms with Gasteiger partial charge < -0.3 is 10.8 Å². The summed E-state index contributed by atoms with van der Waals surface area (Å²) >= 11 is 0. The van der Waals surface area contributed by atoms with Gasteiger partial charge in [0.1, 0.15) is 5.75 Å². The Balaban J connectivity index is 1.81. The Kier molecular flexibility index (Phi) is 4.25. The number of aromatic hydroxyl groups is 1. The minimum atomic E-state index is 0.334.